The minimum atomic E-state index is -0.571. The van der Waals surface area contributed by atoms with E-state index in [1.165, 1.54) is 11.1 Å². The first kappa shape index (κ1) is 14.5. The van der Waals surface area contributed by atoms with Gasteiger partial charge in [0.15, 0.2) is 0 Å². The Labute approximate surface area is 116 Å². The van der Waals surface area contributed by atoms with Crippen LogP contribution < -0.4 is 0 Å². The summed E-state index contributed by atoms with van der Waals surface area (Å²) in [6.45, 7) is 5.04. The van der Waals surface area contributed by atoms with Gasteiger partial charge in [-0.25, -0.2) is 0 Å². The molecule has 0 amide bonds. The predicted octanol–water partition coefficient (Wildman–Crippen LogP) is 4.02. The predicted molar refractivity (Wildman–Crippen MR) is 78.2 cm³/mol. The second kappa shape index (κ2) is 6.53. The van der Waals surface area contributed by atoms with Crippen molar-refractivity contribution in [2.24, 2.45) is 0 Å². The summed E-state index contributed by atoms with van der Waals surface area (Å²) in [7, 11) is 0. The molecule has 0 bridgehead atoms. The average molecular weight is 262 g/mol. The largest absolute Gasteiger partial charge is 0.390 e. The first-order valence-corrected chi connectivity index (χ1v) is 7.60. The Kier molecular flexibility index (Phi) is 5.00. The Hall–Kier alpha value is -0.860. The van der Waals surface area contributed by atoms with Gasteiger partial charge in [0.1, 0.15) is 0 Å². The maximum atomic E-state index is 10.8. The van der Waals surface area contributed by atoms with E-state index in [2.05, 4.69) is 38.1 Å². The van der Waals surface area contributed by atoms with Crippen LogP contribution in [0.15, 0.2) is 24.3 Å². The molecule has 1 N–H and O–H groups in total. The number of ether oxygens (including phenoxy) is 1. The van der Waals surface area contributed by atoms with E-state index in [0.29, 0.717) is 0 Å². The number of rotatable bonds is 6. The average Bonchev–Trinajstić information content (AvgIpc) is 2.39. The lowest BCUT2D eigenvalue weighted by atomic mass is 9.83. The second-order valence-electron chi connectivity index (χ2n) is 5.74. The van der Waals surface area contributed by atoms with Crippen LogP contribution in [0, 0.1) is 0 Å². The van der Waals surface area contributed by atoms with Crippen molar-refractivity contribution in [1.82, 2.24) is 0 Å². The van der Waals surface area contributed by atoms with Crippen molar-refractivity contribution < 1.29 is 9.84 Å². The zero-order chi connectivity index (χ0) is 13.7. The highest BCUT2D eigenvalue weighted by molar-refractivity contribution is 5.31. The van der Waals surface area contributed by atoms with Gasteiger partial charge in [-0.3, -0.25) is 0 Å². The van der Waals surface area contributed by atoms with Gasteiger partial charge in [0.25, 0.3) is 0 Å². The summed E-state index contributed by atoms with van der Waals surface area (Å²) in [6, 6.07) is 8.49. The number of fused-ring (bicyclic) bond motifs is 1. The van der Waals surface area contributed by atoms with Crippen molar-refractivity contribution >= 4 is 0 Å². The number of aliphatic hydroxyl groups is 1. The van der Waals surface area contributed by atoms with Crippen molar-refractivity contribution in [3.8, 4) is 0 Å². The fourth-order valence-electron chi connectivity index (χ4n) is 3.25. The summed E-state index contributed by atoms with van der Waals surface area (Å²) in [6.07, 6.45) is 5.55. The van der Waals surface area contributed by atoms with Crippen LogP contribution in [-0.4, -0.2) is 17.3 Å². The maximum Gasteiger partial charge on any atom is 0.0855 e. The normalized spacial score (nSPS) is 19.2. The molecule has 0 fully saturated rings. The van der Waals surface area contributed by atoms with Crippen molar-refractivity contribution in [1.29, 1.82) is 0 Å². The summed E-state index contributed by atoms with van der Waals surface area (Å²) in [5.74, 6) is 0. The fraction of sp³-hybridized carbons (Fsp3) is 0.647. The molecule has 0 aliphatic carbocycles. The van der Waals surface area contributed by atoms with Gasteiger partial charge >= 0.3 is 0 Å². The summed E-state index contributed by atoms with van der Waals surface area (Å²) in [5, 5.41) is 10.8. The second-order valence-corrected chi connectivity index (χ2v) is 5.74. The monoisotopic (exact) mass is 262 g/mol. The zero-order valence-corrected chi connectivity index (χ0v) is 12.2. The minimum Gasteiger partial charge on any atom is -0.390 e. The quantitative estimate of drug-likeness (QED) is 0.839. The van der Waals surface area contributed by atoms with Gasteiger partial charge in [-0.1, -0.05) is 51.0 Å². The standard InChI is InChI=1S/C17H26O2/c1-3-10-17(18,11-4-2)13-16-15-8-6-5-7-14(15)9-12-19-16/h5-8,16,18H,3-4,9-13H2,1-2H3. The topological polar surface area (TPSA) is 29.5 Å². The molecule has 106 valence electrons. The Morgan fingerprint density at radius 2 is 1.89 bits per heavy atom. The minimum absolute atomic E-state index is 0.0630. The SMILES string of the molecule is CCCC(O)(CCC)CC1OCCc2ccccc21. The maximum absolute atomic E-state index is 10.8. The third-order valence-corrected chi connectivity index (χ3v) is 4.09. The van der Waals surface area contributed by atoms with E-state index in [1.807, 2.05) is 0 Å². The van der Waals surface area contributed by atoms with Crippen LogP contribution in [-0.2, 0) is 11.2 Å². The lowest BCUT2D eigenvalue weighted by molar-refractivity contribution is -0.0553. The van der Waals surface area contributed by atoms with Crippen molar-refractivity contribution in [2.45, 2.75) is 64.1 Å². The van der Waals surface area contributed by atoms with E-state index in [4.69, 9.17) is 4.74 Å². The molecule has 1 aromatic rings. The van der Waals surface area contributed by atoms with E-state index in [-0.39, 0.29) is 6.10 Å². The number of hydrogen-bond acceptors (Lipinski definition) is 2. The van der Waals surface area contributed by atoms with Gasteiger partial charge in [-0.15, -0.1) is 0 Å². The van der Waals surface area contributed by atoms with Gasteiger partial charge in [0, 0.05) is 6.42 Å². The summed E-state index contributed by atoms with van der Waals surface area (Å²) < 4.78 is 5.93. The highest BCUT2D eigenvalue weighted by Gasteiger charge is 2.32. The van der Waals surface area contributed by atoms with Crippen molar-refractivity contribution in [3.63, 3.8) is 0 Å². The lowest BCUT2D eigenvalue weighted by Crippen LogP contribution is -2.33. The summed E-state index contributed by atoms with van der Waals surface area (Å²) >= 11 is 0. The molecule has 0 radical (unpaired) electrons. The van der Waals surface area contributed by atoms with Gasteiger partial charge in [-0.2, -0.15) is 0 Å². The Balaban J connectivity index is 2.14. The van der Waals surface area contributed by atoms with Crippen LogP contribution in [0.3, 0.4) is 0 Å². The fourth-order valence-corrected chi connectivity index (χ4v) is 3.25. The molecule has 1 atom stereocenters. The van der Waals surface area contributed by atoms with Crippen LogP contribution in [0.5, 0.6) is 0 Å². The van der Waals surface area contributed by atoms with Crippen molar-refractivity contribution in [3.05, 3.63) is 35.4 Å². The van der Waals surface area contributed by atoms with Gasteiger partial charge in [0.2, 0.25) is 0 Å². The van der Waals surface area contributed by atoms with Gasteiger partial charge in [-0.05, 0) is 30.4 Å². The summed E-state index contributed by atoms with van der Waals surface area (Å²) in [5.41, 5.74) is 2.09. The molecule has 2 rings (SSSR count). The van der Waals surface area contributed by atoms with E-state index < -0.39 is 5.60 Å². The molecule has 1 aromatic carbocycles. The third-order valence-electron chi connectivity index (χ3n) is 4.09. The molecule has 1 aliphatic rings. The van der Waals surface area contributed by atoms with E-state index in [1.54, 1.807) is 0 Å². The smallest absolute Gasteiger partial charge is 0.0855 e. The van der Waals surface area contributed by atoms with Crippen LogP contribution >= 0.6 is 0 Å². The summed E-state index contributed by atoms with van der Waals surface area (Å²) in [4.78, 5) is 0. The molecule has 1 heterocycles. The van der Waals surface area contributed by atoms with Crippen molar-refractivity contribution in [2.75, 3.05) is 6.61 Å². The molecule has 1 aliphatic heterocycles. The van der Waals surface area contributed by atoms with Crippen LogP contribution in [0.1, 0.15) is 63.2 Å². The molecule has 0 saturated heterocycles. The highest BCUT2D eigenvalue weighted by atomic mass is 16.5. The Morgan fingerprint density at radius 3 is 2.58 bits per heavy atom. The lowest BCUT2D eigenvalue weighted by Gasteiger charge is -2.34. The molecule has 0 spiro atoms. The molecule has 0 aromatic heterocycles. The molecule has 0 saturated carbocycles. The third kappa shape index (κ3) is 3.58. The first-order valence-electron chi connectivity index (χ1n) is 7.60. The molecular formula is C17H26O2. The molecular weight excluding hydrogens is 236 g/mol. The number of hydrogen-bond donors (Lipinski definition) is 1. The molecule has 1 unspecified atom stereocenters. The van der Waals surface area contributed by atoms with Crippen LogP contribution in [0.4, 0.5) is 0 Å². The highest BCUT2D eigenvalue weighted by Crippen LogP contribution is 2.36. The molecule has 2 nitrogen and oxygen atoms in total. The molecule has 2 heteroatoms. The van der Waals surface area contributed by atoms with E-state index in [9.17, 15) is 5.11 Å². The Morgan fingerprint density at radius 1 is 1.21 bits per heavy atom. The van der Waals surface area contributed by atoms with Gasteiger partial charge in [0.05, 0.1) is 18.3 Å². The van der Waals surface area contributed by atoms with Crippen LogP contribution in [0.25, 0.3) is 0 Å². The van der Waals surface area contributed by atoms with E-state index >= 15 is 0 Å². The first-order chi connectivity index (χ1) is 9.18. The van der Waals surface area contributed by atoms with E-state index in [0.717, 1.165) is 45.1 Å². The van der Waals surface area contributed by atoms with Crippen LogP contribution in [0.2, 0.25) is 0 Å². The Bertz CT molecular complexity index is 394. The van der Waals surface area contributed by atoms with Gasteiger partial charge < -0.3 is 9.84 Å². The molecule has 19 heavy (non-hydrogen) atoms. The number of benzene rings is 1. The zero-order valence-electron chi connectivity index (χ0n) is 12.2.